The number of carbonyl (C=O) groups is 1. The summed E-state index contributed by atoms with van der Waals surface area (Å²) >= 11 is 0. The van der Waals surface area contributed by atoms with Crippen molar-refractivity contribution in [2.75, 3.05) is 17.7 Å². The van der Waals surface area contributed by atoms with E-state index < -0.39 is 0 Å². The Balaban J connectivity index is 2.36. The molecule has 2 rings (SSSR count). The Morgan fingerprint density at radius 1 is 1.00 bits per heavy atom. The van der Waals surface area contributed by atoms with E-state index in [1.807, 2.05) is 51.1 Å². The minimum atomic E-state index is -0.0435. The van der Waals surface area contributed by atoms with Crippen LogP contribution in [0.5, 0.6) is 0 Å². The lowest BCUT2D eigenvalue weighted by molar-refractivity contribution is 0.0992. The van der Waals surface area contributed by atoms with E-state index in [9.17, 15) is 4.79 Å². The van der Waals surface area contributed by atoms with Crippen molar-refractivity contribution in [2.24, 2.45) is 0 Å². The number of anilines is 2. The number of carbonyl (C=O) groups excluding carboxylic acids is 1. The van der Waals surface area contributed by atoms with E-state index in [2.05, 4.69) is 0 Å². The second-order valence-corrected chi connectivity index (χ2v) is 5.22. The molecular weight excluding hydrogens is 248 g/mol. The molecule has 2 N–H and O–H groups in total. The van der Waals surface area contributed by atoms with Crippen LogP contribution in [0.15, 0.2) is 36.4 Å². The monoisotopic (exact) mass is 268 g/mol. The van der Waals surface area contributed by atoms with Gasteiger partial charge in [-0.1, -0.05) is 23.8 Å². The van der Waals surface area contributed by atoms with Crippen LogP contribution in [0, 0.1) is 20.8 Å². The highest BCUT2D eigenvalue weighted by Gasteiger charge is 2.16. The van der Waals surface area contributed by atoms with Crippen LogP contribution in [0.25, 0.3) is 0 Å². The maximum atomic E-state index is 12.6. The summed E-state index contributed by atoms with van der Waals surface area (Å²) in [5.41, 5.74) is 11.2. The van der Waals surface area contributed by atoms with Gasteiger partial charge in [-0.2, -0.15) is 0 Å². The summed E-state index contributed by atoms with van der Waals surface area (Å²) in [6.07, 6.45) is 0. The summed E-state index contributed by atoms with van der Waals surface area (Å²) in [6, 6.07) is 11.6. The van der Waals surface area contributed by atoms with Crippen molar-refractivity contribution < 1.29 is 4.79 Å². The second-order valence-electron chi connectivity index (χ2n) is 5.22. The highest BCUT2D eigenvalue weighted by atomic mass is 16.2. The molecule has 0 aromatic heterocycles. The number of benzene rings is 2. The number of aryl methyl sites for hydroxylation is 3. The predicted molar refractivity (Wildman–Crippen MR) is 84.2 cm³/mol. The summed E-state index contributed by atoms with van der Waals surface area (Å²) in [5, 5.41) is 0. The minimum absolute atomic E-state index is 0.0435. The summed E-state index contributed by atoms with van der Waals surface area (Å²) in [5.74, 6) is -0.0435. The number of nitrogens with zero attached hydrogens (tertiary/aromatic N) is 1. The van der Waals surface area contributed by atoms with Crippen LogP contribution in [0.3, 0.4) is 0 Å². The van der Waals surface area contributed by atoms with E-state index in [4.69, 9.17) is 5.73 Å². The van der Waals surface area contributed by atoms with Crippen molar-refractivity contribution in [3.8, 4) is 0 Å². The Labute approximate surface area is 120 Å². The predicted octanol–water partition coefficient (Wildman–Crippen LogP) is 3.47. The van der Waals surface area contributed by atoms with E-state index >= 15 is 0 Å². The molecule has 0 saturated carbocycles. The van der Waals surface area contributed by atoms with Crippen LogP contribution in [-0.4, -0.2) is 13.0 Å². The summed E-state index contributed by atoms with van der Waals surface area (Å²) in [6.45, 7) is 5.90. The molecule has 1 amide bonds. The van der Waals surface area contributed by atoms with E-state index in [0.29, 0.717) is 11.3 Å². The Kier molecular flexibility index (Phi) is 3.79. The van der Waals surface area contributed by atoms with E-state index in [1.54, 1.807) is 18.0 Å². The van der Waals surface area contributed by atoms with Crippen molar-refractivity contribution in [3.05, 3.63) is 58.7 Å². The molecule has 3 nitrogen and oxygen atoms in total. The molecule has 0 heterocycles. The lowest BCUT2D eigenvalue weighted by Crippen LogP contribution is -2.27. The number of hydrogen-bond acceptors (Lipinski definition) is 2. The molecule has 0 radical (unpaired) electrons. The molecule has 0 saturated heterocycles. The molecular formula is C17H20N2O. The van der Waals surface area contributed by atoms with Gasteiger partial charge in [0.05, 0.1) is 0 Å². The number of amides is 1. The van der Waals surface area contributed by atoms with Gasteiger partial charge in [-0.3, -0.25) is 4.79 Å². The van der Waals surface area contributed by atoms with E-state index in [-0.39, 0.29) is 5.91 Å². The standard InChI is InChI=1S/C17H20N2O/c1-11-5-7-14(8-6-11)19(4)17(20)15-10-16(18)13(3)9-12(15)2/h5-10H,18H2,1-4H3. The third-order valence-corrected chi connectivity index (χ3v) is 3.57. The molecule has 0 aliphatic rings. The zero-order valence-electron chi connectivity index (χ0n) is 12.4. The molecule has 0 aliphatic carbocycles. The first kappa shape index (κ1) is 14.1. The first-order valence-corrected chi connectivity index (χ1v) is 6.61. The molecule has 0 atom stereocenters. The molecule has 0 spiro atoms. The molecule has 0 fully saturated rings. The summed E-state index contributed by atoms with van der Waals surface area (Å²) < 4.78 is 0. The van der Waals surface area contributed by atoms with Crippen LogP contribution in [0.2, 0.25) is 0 Å². The van der Waals surface area contributed by atoms with Crippen molar-refractivity contribution in [1.82, 2.24) is 0 Å². The van der Waals surface area contributed by atoms with Crippen LogP contribution >= 0.6 is 0 Å². The van der Waals surface area contributed by atoms with Gasteiger partial charge in [0, 0.05) is 24.0 Å². The average Bonchev–Trinajstić information content (AvgIpc) is 2.42. The zero-order valence-corrected chi connectivity index (χ0v) is 12.4. The van der Waals surface area contributed by atoms with Gasteiger partial charge >= 0.3 is 0 Å². The normalized spacial score (nSPS) is 10.4. The number of nitrogens with two attached hydrogens (primary N) is 1. The van der Waals surface area contributed by atoms with Crippen LogP contribution < -0.4 is 10.6 Å². The molecule has 2 aromatic carbocycles. The van der Waals surface area contributed by atoms with Gasteiger partial charge in [0.25, 0.3) is 5.91 Å². The lowest BCUT2D eigenvalue weighted by Gasteiger charge is -2.19. The van der Waals surface area contributed by atoms with Gasteiger partial charge in [0.2, 0.25) is 0 Å². The number of rotatable bonds is 2. The Morgan fingerprint density at radius 3 is 2.20 bits per heavy atom. The lowest BCUT2D eigenvalue weighted by atomic mass is 10.0. The van der Waals surface area contributed by atoms with Crippen molar-refractivity contribution in [2.45, 2.75) is 20.8 Å². The van der Waals surface area contributed by atoms with Gasteiger partial charge in [0.1, 0.15) is 0 Å². The third kappa shape index (κ3) is 2.67. The number of hydrogen-bond donors (Lipinski definition) is 1. The molecule has 0 unspecified atom stereocenters. The van der Waals surface area contributed by atoms with Crippen LogP contribution in [0.1, 0.15) is 27.0 Å². The summed E-state index contributed by atoms with van der Waals surface area (Å²) in [4.78, 5) is 14.2. The van der Waals surface area contributed by atoms with Crippen molar-refractivity contribution in [3.63, 3.8) is 0 Å². The molecule has 3 heteroatoms. The second kappa shape index (κ2) is 5.37. The van der Waals surface area contributed by atoms with Crippen molar-refractivity contribution in [1.29, 1.82) is 0 Å². The first-order chi connectivity index (χ1) is 9.40. The van der Waals surface area contributed by atoms with Gasteiger partial charge in [-0.15, -0.1) is 0 Å². The smallest absolute Gasteiger partial charge is 0.258 e. The zero-order chi connectivity index (χ0) is 14.9. The molecule has 0 aliphatic heterocycles. The van der Waals surface area contributed by atoms with Crippen molar-refractivity contribution >= 4 is 17.3 Å². The Morgan fingerprint density at radius 2 is 1.60 bits per heavy atom. The number of nitrogen functional groups attached to an aromatic ring is 1. The fraction of sp³-hybridized carbons (Fsp3) is 0.235. The van der Waals surface area contributed by atoms with E-state index in [0.717, 1.165) is 16.8 Å². The first-order valence-electron chi connectivity index (χ1n) is 6.61. The Hall–Kier alpha value is -2.29. The topological polar surface area (TPSA) is 46.3 Å². The van der Waals surface area contributed by atoms with Crippen LogP contribution in [-0.2, 0) is 0 Å². The van der Waals surface area contributed by atoms with E-state index in [1.165, 1.54) is 5.56 Å². The highest BCUT2D eigenvalue weighted by molar-refractivity contribution is 6.07. The maximum absolute atomic E-state index is 12.6. The van der Waals surface area contributed by atoms with Gasteiger partial charge in [0.15, 0.2) is 0 Å². The molecule has 104 valence electrons. The van der Waals surface area contributed by atoms with Gasteiger partial charge in [-0.25, -0.2) is 0 Å². The molecule has 0 bridgehead atoms. The largest absolute Gasteiger partial charge is 0.398 e. The van der Waals surface area contributed by atoms with Gasteiger partial charge < -0.3 is 10.6 Å². The maximum Gasteiger partial charge on any atom is 0.258 e. The molecule has 20 heavy (non-hydrogen) atoms. The quantitative estimate of drug-likeness (QED) is 0.848. The van der Waals surface area contributed by atoms with Crippen LogP contribution in [0.4, 0.5) is 11.4 Å². The Bertz CT molecular complexity index is 645. The fourth-order valence-corrected chi connectivity index (χ4v) is 2.17. The summed E-state index contributed by atoms with van der Waals surface area (Å²) in [7, 11) is 1.78. The van der Waals surface area contributed by atoms with Gasteiger partial charge in [-0.05, 0) is 50.1 Å². The fourth-order valence-electron chi connectivity index (χ4n) is 2.17. The molecule has 2 aromatic rings. The SMILES string of the molecule is Cc1ccc(N(C)C(=O)c2cc(N)c(C)cc2C)cc1. The highest BCUT2D eigenvalue weighted by Crippen LogP contribution is 2.22. The minimum Gasteiger partial charge on any atom is -0.398 e. The average molecular weight is 268 g/mol. The third-order valence-electron chi connectivity index (χ3n) is 3.57.